The second kappa shape index (κ2) is 6.31. The van der Waals surface area contributed by atoms with E-state index in [1.807, 2.05) is 0 Å². The van der Waals surface area contributed by atoms with Gasteiger partial charge in [0.1, 0.15) is 11.6 Å². The normalized spacial score (nSPS) is 13.4. The molecule has 0 atom stereocenters. The van der Waals surface area contributed by atoms with Crippen LogP contribution >= 0.6 is 0 Å². The number of anilines is 1. The van der Waals surface area contributed by atoms with Gasteiger partial charge in [0.15, 0.2) is 0 Å². The van der Waals surface area contributed by atoms with Gasteiger partial charge in [0.2, 0.25) is 0 Å². The highest BCUT2D eigenvalue weighted by Gasteiger charge is 2.27. The van der Waals surface area contributed by atoms with Gasteiger partial charge in [-0.2, -0.15) is 0 Å². The summed E-state index contributed by atoms with van der Waals surface area (Å²) in [4.78, 5) is 12.4. The maximum absolute atomic E-state index is 13.5. The van der Waals surface area contributed by atoms with Gasteiger partial charge >= 0.3 is 0 Å². The molecule has 0 spiro atoms. The van der Waals surface area contributed by atoms with Gasteiger partial charge in [-0.15, -0.1) is 0 Å². The van der Waals surface area contributed by atoms with Crippen molar-refractivity contribution in [2.75, 3.05) is 12.8 Å². The summed E-state index contributed by atoms with van der Waals surface area (Å²) in [7, 11) is 1.42. The zero-order chi connectivity index (χ0) is 17.3. The lowest BCUT2D eigenvalue weighted by atomic mass is 9.97. The van der Waals surface area contributed by atoms with E-state index >= 15 is 0 Å². The number of rotatable bonds is 5. The Morgan fingerprint density at radius 2 is 2.08 bits per heavy atom. The SMILES string of the molecule is COc1c(C(=O)NC2CC2)ccc(N)c1C(=N)c1cccc(F)c1. The molecule has 1 aliphatic rings. The highest BCUT2D eigenvalue weighted by molar-refractivity contribution is 6.17. The molecule has 0 bridgehead atoms. The van der Waals surface area contributed by atoms with Crippen LogP contribution in [0.25, 0.3) is 0 Å². The maximum atomic E-state index is 13.5. The van der Waals surface area contributed by atoms with Gasteiger partial charge in [0.05, 0.1) is 23.9 Å². The van der Waals surface area contributed by atoms with Gasteiger partial charge in [-0.05, 0) is 37.1 Å². The Balaban J connectivity index is 2.05. The van der Waals surface area contributed by atoms with Crippen LogP contribution in [0.4, 0.5) is 10.1 Å². The van der Waals surface area contributed by atoms with E-state index in [9.17, 15) is 9.18 Å². The number of carbonyl (C=O) groups excluding carboxylic acids is 1. The smallest absolute Gasteiger partial charge is 0.255 e. The number of hydrogen-bond donors (Lipinski definition) is 3. The Hall–Kier alpha value is -2.89. The molecule has 0 saturated heterocycles. The summed E-state index contributed by atoms with van der Waals surface area (Å²) in [5, 5.41) is 11.3. The molecule has 4 N–H and O–H groups in total. The van der Waals surface area contributed by atoms with Gasteiger partial charge in [-0.25, -0.2) is 4.39 Å². The van der Waals surface area contributed by atoms with Crippen LogP contribution in [0.3, 0.4) is 0 Å². The van der Waals surface area contributed by atoms with Crippen LogP contribution in [0, 0.1) is 11.2 Å². The number of halogens is 1. The lowest BCUT2D eigenvalue weighted by molar-refractivity contribution is 0.0948. The number of hydrogen-bond acceptors (Lipinski definition) is 4. The minimum absolute atomic E-state index is 0.00456. The number of benzene rings is 2. The highest BCUT2D eigenvalue weighted by Crippen LogP contribution is 2.32. The first-order valence-electron chi connectivity index (χ1n) is 7.63. The zero-order valence-corrected chi connectivity index (χ0v) is 13.2. The molecule has 3 rings (SSSR count). The van der Waals surface area contributed by atoms with Gasteiger partial charge in [-0.1, -0.05) is 12.1 Å². The lowest BCUT2D eigenvalue weighted by Gasteiger charge is -2.16. The van der Waals surface area contributed by atoms with Crippen LogP contribution in [0.5, 0.6) is 5.75 Å². The number of amides is 1. The minimum atomic E-state index is -0.447. The van der Waals surface area contributed by atoms with Crippen molar-refractivity contribution in [2.24, 2.45) is 0 Å². The first-order valence-corrected chi connectivity index (χ1v) is 7.63. The Labute approximate surface area is 139 Å². The summed E-state index contributed by atoms with van der Waals surface area (Å²) >= 11 is 0. The fourth-order valence-electron chi connectivity index (χ4n) is 2.53. The molecule has 1 fully saturated rings. The van der Waals surface area contributed by atoms with Crippen LogP contribution in [-0.4, -0.2) is 24.8 Å². The third-order valence-corrected chi connectivity index (χ3v) is 3.91. The second-order valence-electron chi connectivity index (χ2n) is 5.74. The molecule has 0 unspecified atom stereocenters. The van der Waals surface area contributed by atoms with E-state index in [1.165, 1.54) is 25.3 Å². The van der Waals surface area contributed by atoms with E-state index in [2.05, 4.69) is 5.32 Å². The Morgan fingerprint density at radius 1 is 1.33 bits per heavy atom. The van der Waals surface area contributed by atoms with Crippen LogP contribution < -0.4 is 15.8 Å². The van der Waals surface area contributed by atoms with Crippen LogP contribution in [0.1, 0.15) is 34.3 Å². The molecule has 5 nitrogen and oxygen atoms in total. The summed E-state index contributed by atoms with van der Waals surface area (Å²) in [5.74, 6) is -0.484. The van der Waals surface area contributed by atoms with Crippen molar-refractivity contribution in [2.45, 2.75) is 18.9 Å². The van der Waals surface area contributed by atoms with Crippen molar-refractivity contribution in [1.82, 2.24) is 5.32 Å². The molecule has 24 heavy (non-hydrogen) atoms. The van der Waals surface area contributed by atoms with Crippen molar-refractivity contribution in [1.29, 1.82) is 5.41 Å². The Kier molecular flexibility index (Phi) is 4.20. The molecule has 2 aromatic rings. The predicted molar refractivity (Wildman–Crippen MR) is 90.2 cm³/mol. The fourth-order valence-corrected chi connectivity index (χ4v) is 2.53. The van der Waals surface area contributed by atoms with Crippen molar-refractivity contribution >= 4 is 17.3 Å². The number of nitrogens with two attached hydrogens (primary N) is 1. The Bertz CT molecular complexity index is 816. The topological polar surface area (TPSA) is 88.2 Å². The summed E-state index contributed by atoms with van der Waals surface area (Å²) < 4.78 is 18.8. The number of carbonyl (C=O) groups is 1. The van der Waals surface area contributed by atoms with E-state index in [1.54, 1.807) is 18.2 Å². The van der Waals surface area contributed by atoms with Gasteiger partial charge < -0.3 is 15.8 Å². The van der Waals surface area contributed by atoms with E-state index in [0.717, 1.165) is 12.8 Å². The van der Waals surface area contributed by atoms with Crippen molar-refractivity contribution in [3.63, 3.8) is 0 Å². The van der Waals surface area contributed by atoms with E-state index < -0.39 is 5.82 Å². The van der Waals surface area contributed by atoms with Crippen LogP contribution in [0.15, 0.2) is 36.4 Å². The maximum Gasteiger partial charge on any atom is 0.255 e. The largest absolute Gasteiger partial charge is 0.495 e. The summed E-state index contributed by atoms with van der Waals surface area (Å²) in [6.45, 7) is 0. The van der Waals surface area contributed by atoms with E-state index in [4.69, 9.17) is 15.9 Å². The van der Waals surface area contributed by atoms with E-state index in [0.29, 0.717) is 16.8 Å². The summed E-state index contributed by atoms with van der Waals surface area (Å²) in [6, 6.07) is 9.02. The predicted octanol–water partition coefficient (Wildman–Crippen LogP) is 2.72. The average molecular weight is 327 g/mol. The first kappa shape index (κ1) is 16.0. The molecule has 1 aliphatic carbocycles. The van der Waals surface area contributed by atoms with E-state index in [-0.39, 0.29) is 29.0 Å². The molecule has 6 heteroatoms. The molecule has 0 radical (unpaired) electrons. The van der Waals surface area contributed by atoms with Crippen molar-refractivity contribution in [3.05, 3.63) is 58.9 Å². The van der Waals surface area contributed by atoms with Crippen LogP contribution in [0.2, 0.25) is 0 Å². The molecular weight excluding hydrogens is 309 g/mol. The number of nitrogens with one attached hydrogen (secondary N) is 2. The first-order chi connectivity index (χ1) is 11.5. The molecule has 124 valence electrons. The van der Waals surface area contributed by atoms with Gasteiger partial charge in [0, 0.05) is 17.3 Å². The van der Waals surface area contributed by atoms with Crippen molar-refractivity contribution < 1.29 is 13.9 Å². The molecule has 0 heterocycles. The zero-order valence-electron chi connectivity index (χ0n) is 13.2. The molecule has 1 saturated carbocycles. The third-order valence-electron chi connectivity index (χ3n) is 3.91. The van der Waals surface area contributed by atoms with Crippen LogP contribution in [-0.2, 0) is 0 Å². The third kappa shape index (κ3) is 3.08. The molecule has 1 amide bonds. The number of nitrogen functional groups attached to an aromatic ring is 1. The highest BCUT2D eigenvalue weighted by atomic mass is 19.1. The summed E-state index contributed by atoms with van der Waals surface area (Å²) in [6.07, 6.45) is 1.93. The molecule has 0 aromatic heterocycles. The fraction of sp³-hybridized carbons (Fsp3) is 0.222. The summed E-state index contributed by atoms with van der Waals surface area (Å²) in [5.41, 5.74) is 7.27. The van der Waals surface area contributed by atoms with Crippen molar-refractivity contribution in [3.8, 4) is 5.75 Å². The molecule has 2 aromatic carbocycles. The minimum Gasteiger partial charge on any atom is -0.495 e. The average Bonchev–Trinajstić information content (AvgIpc) is 3.37. The van der Waals surface area contributed by atoms with Gasteiger partial charge in [0.25, 0.3) is 5.91 Å². The Morgan fingerprint density at radius 3 is 2.71 bits per heavy atom. The number of methoxy groups -OCH3 is 1. The molecule has 0 aliphatic heterocycles. The lowest BCUT2D eigenvalue weighted by Crippen LogP contribution is -2.26. The standard InChI is InChI=1S/C18H18FN3O2/c1-24-17-13(18(23)22-12-5-6-12)7-8-14(20)15(17)16(21)10-3-2-4-11(19)9-10/h2-4,7-9,12,21H,5-6,20H2,1H3,(H,22,23). The quantitative estimate of drug-likeness (QED) is 0.583. The molecular formula is C18H18FN3O2. The second-order valence-corrected chi connectivity index (χ2v) is 5.74. The number of ether oxygens (including phenoxy) is 1. The van der Waals surface area contributed by atoms with Gasteiger partial charge in [-0.3, -0.25) is 10.2 Å². The monoisotopic (exact) mass is 327 g/mol.